The number of nitrogens with two attached hydrogens (primary N) is 1. The Balaban J connectivity index is 2.18. The van der Waals surface area contributed by atoms with Crippen LogP contribution in [0.4, 0.5) is 5.69 Å². The Morgan fingerprint density at radius 1 is 1.33 bits per heavy atom. The van der Waals surface area contributed by atoms with Crippen LogP contribution < -0.4 is 10.5 Å². The van der Waals surface area contributed by atoms with Gasteiger partial charge in [-0.2, -0.15) is 5.26 Å². The molecule has 3 N–H and O–H groups in total. The third kappa shape index (κ3) is 2.50. The number of carbonyl (C=O) groups is 1. The van der Waals surface area contributed by atoms with Crippen molar-refractivity contribution in [3.63, 3.8) is 0 Å². The van der Waals surface area contributed by atoms with Gasteiger partial charge in [-0.1, -0.05) is 0 Å². The number of hydrogen-bond acceptors (Lipinski definition) is 4. The van der Waals surface area contributed by atoms with E-state index in [4.69, 9.17) is 10.4 Å². The van der Waals surface area contributed by atoms with Crippen LogP contribution in [-0.2, 0) is 21.9 Å². The minimum Gasteiger partial charge on any atom is -0.339 e. The van der Waals surface area contributed by atoms with E-state index in [1.165, 1.54) is 18.2 Å². The van der Waals surface area contributed by atoms with Gasteiger partial charge in [0.05, 0.1) is 4.90 Å². The maximum absolute atomic E-state index is 12.2. The van der Waals surface area contributed by atoms with Crippen molar-refractivity contribution in [3.05, 3.63) is 46.8 Å². The summed E-state index contributed by atoms with van der Waals surface area (Å²) >= 11 is 0. The first kappa shape index (κ1) is 16.0. The minimum atomic E-state index is -3.87. The number of rotatable bonds is 2. The van der Waals surface area contributed by atoms with Gasteiger partial charge < -0.3 is 9.88 Å². The van der Waals surface area contributed by atoms with Gasteiger partial charge >= 0.3 is 0 Å². The Kier molecular flexibility index (Phi) is 3.55. The zero-order valence-electron chi connectivity index (χ0n) is 13.0. The number of nitrogens with zero attached hydrogens (tertiary/aromatic N) is 2. The lowest BCUT2D eigenvalue weighted by molar-refractivity contribution is -0.110. The van der Waals surface area contributed by atoms with Crippen LogP contribution in [0.3, 0.4) is 0 Å². The molecule has 8 heteroatoms. The summed E-state index contributed by atoms with van der Waals surface area (Å²) in [6, 6.07) is 7.98. The summed E-state index contributed by atoms with van der Waals surface area (Å²) in [5.41, 5.74) is 3.32. The van der Waals surface area contributed by atoms with Crippen LogP contribution in [0.2, 0.25) is 0 Å². The second kappa shape index (κ2) is 5.33. The molecule has 1 aromatic carbocycles. The molecule has 7 nitrogen and oxygen atoms in total. The molecule has 1 amide bonds. The van der Waals surface area contributed by atoms with Gasteiger partial charge in [-0.15, -0.1) is 0 Å². The zero-order chi connectivity index (χ0) is 17.6. The summed E-state index contributed by atoms with van der Waals surface area (Å²) in [5.74, 6) is -0.335. The normalized spacial score (nSPS) is 15.2. The van der Waals surface area contributed by atoms with Gasteiger partial charge in [0.15, 0.2) is 0 Å². The molecule has 0 fully saturated rings. The molecule has 2 heterocycles. The minimum absolute atomic E-state index is 0.0638. The molecule has 0 saturated heterocycles. The molecule has 24 heavy (non-hydrogen) atoms. The SMILES string of the molecule is Cc1c(/C=C2/C(=O)Nc3ccc(S(N)(=O)=O)cc32)cc(C#N)n1C. The van der Waals surface area contributed by atoms with Crippen LogP contribution in [0.15, 0.2) is 29.2 Å². The van der Waals surface area contributed by atoms with Crippen molar-refractivity contribution in [1.82, 2.24) is 4.57 Å². The van der Waals surface area contributed by atoms with Gasteiger partial charge in [0, 0.05) is 29.6 Å². The smallest absolute Gasteiger partial charge is 0.256 e. The van der Waals surface area contributed by atoms with E-state index >= 15 is 0 Å². The van der Waals surface area contributed by atoms with E-state index < -0.39 is 10.0 Å². The summed E-state index contributed by atoms with van der Waals surface area (Å²) in [6.45, 7) is 1.84. The lowest BCUT2D eigenvalue weighted by atomic mass is 10.0. The molecule has 122 valence electrons. The molecular formula is C16H14N4O3S. The van der Waals surface area contributed by atoms with Crippen LogP contribution in [-0.4, -0.2) is 18.9 Å². The molecular weight excluding hydrogens is 328 g/mol. The van der Waals surface area contributed by atoms with Crippen molar-refractivity contribution >= 4 is 33.3 Å². The highest BCUT2D eigenvalue weighted by Crippen LogP contribution is 2.35. The first-order valence-electron chi connectivity index (χ1n) is 6.99. The number of carbonyl (C=O) groups excluding carboxylic acids is 1. The molecule has 0 spiro atoms. The molecule has 0 radical (unpaired) electrons. The molecule has 0 bridgehead atoms. The zero-order valence-corrected chi connectivity index (χ0v) is 13.8. The van der Waals surface area contributed by atoms with Crippen LogP contribution in [0.25, 0.3) is 11.6 Å². The van der Waals surface area contributed by atoms with E-state index in [9.17, 15) is 13.2 Å². The van der Waals surface area contributed by atoms with Crippen molar-refractivity contribution in [1.29, 1.82) is 5.26 Å². The van der Waals surface area contributed by atoms with Gasteiger partial charge in [0.25, 0.3) is 5.91 Å². The summed E-state index contributed by atoms with van der Waals surface area (Å²) in [5, 5.41) is 16.9. The number of nitrogens with one attached hydrogen (secondary N) is 1. The van der Waals surface area contributed by atoms with Gasteiger partial charge in [-0.3, -0.25) is 4.79 Å². The maximum Gasteiger partial charge on any atom is 0.256 e. The molecule has 1 aliphatic heterocycles. The molecule has 1 aromatic heterocycles. The van der Waals surface area contributed by atoms with Gasteiger partial charge in [0.2, 0.25) is 10.0 Å². The number of nitriles is 1. The number of benzene rings is 1. The molecule has 0 unspecified atom stereocenters. The van der Waals surface area contributed by atoms with E-state index in [-0.39, 0.29) is 10.8 Å². The van der Waals surface area contributed by atoms with Crippen molar-refractivity contribution in [3.8, 4) is 6.07 Å². The first-order chi connectivity index (χ1) is 11.2. The highest BCUT2D eigenvalue weighted by molar-refractivity contribution is 7.89. The van der Waals surface area contributed by atoms with E-state index in [0.29, 0.717) is 28.1 Å². The number of amides is 1. The van der Waals surface area contributed by atoms with Gasteiger partial charge in [-0.05, 0) is 42.8 Å². The monoisotopic (exact) mass is 342 g/mol. The Hall–Kier alpha value is -2.89. The second-order valence-corrected chi connectivity index (χ2v) is 7.07. The van der Waals surface area contributed by atoms with Crippen molar-refractivity contribution in [2.45, 2.75) is 11.8 Å². The quantitative estimate of drug-likeness (QED) is 0.801. The largest absolute Gasteiger partial charge is 0.339 e. The number of anilines is 1. The average Bonchev–Trinajstić information content (AvgIpc) is 2.97. The predicted octanol–water partition coefficient (Wildman–Crippen LogP) is 1.35. The molecule has 0 aliphatic carbocycles. The van der Waals surface area contributed by atoms with Crippen molar-refractivity contribution in [2.75, 3.05) is 5.32 Å². The Morgan fingerprint density at radius 2 is 2.04 bits per heavy atom. The summed E-state index contributed by atoms with van der Waals surface area (Å²) in [4.78, 5) is 12.2. The topological polar surface area (TPSA) is 118 Å². The molecule has 2 aromatic rings. The Labute approximate surface area is 139 Å². The fraction of sp³-hybridized carbons (Fsp3) is 0.125. The lowest BCUT2D eigenvalue weighted by Crippen LogP contribution is -2.12. The average molecular weight is 342 g/mol. The molecule has 1 aliphatic rings. The fourth-order valence-corrected chi connectivity index (χ4v) is 3.16. The van der Waals surface area contributed by atoms with Gasteiger partial charge in [0.1, 0.15) is 11.8 Å². The number of sulfonamides is 1. The van der Waals surface area contributed by atoms with Crippen LogP contribution >= 0.6 is 0 Å². The predicted molar refractivity (Wildman–Crippen MR) is 89.2 cm³/mol. The van der Waals surface area contributed by atoms with E-state index in [0.717, 1.165) is 5.69 Å². The van der Waals surface area contributed by atoms with Crippen LogP contribution in [0.1, 0.15) is 22.5 Å². The fourth-order valence-electron chi connectivity index (χ4n) is 2.62. The summed E-state index contributed by atoms with van der Waals surface area (Å²) < 4.78 is 24.8. The lowest BCUT2D eigenvalue weighted by Gasteiger charge is -2.03. The number of fused-ring (bicyclic) bond motifs is 1. The van der Waals surface area contributed by atoms with Gasteiger partial charge in [-0.25, -0.2) is 13.6 Å². The molecule has 3 rings (SSSR count). The van der Waals surface area contributed by atoms with Crippen molar-refractivity contribution < 1.29 is 13.2 Å². The Bertz CT molecular complexity index is 1060. The van der Waals surface area contributed by atoms with Crippen LogP contribution in [0.5, 0.6) is 0 Å². The summed E-state index contributed by atoms with van der Waals surface area (Å²) in [7, 11) is -2.10. The Morgan fingerprint density at radius 3 is 2.62 bits per heavy atom. The standard InChI is InChI=1S/C16H14N4O3S/c1-9-10(5-11(8-17)20(9)2)6-14-13-7-12(24(18,22)23)3-4-15(13)19-16(14)21/h3-7H,1-2H3,(H,19,21)(H2,18,22,23)/b14-6+. The first-order valence-corrected chi connectivity index (χ1v) is 8.53. The second-order valence-electron chi connectivity index (χ2n) is 5.51. The van der Waals surface area contributed by atoms with E-state index in [1.807, 2.05) is 6.92 Å². The number of primary sulfonamides is 1. The summed E-state index contributed by atoms with van der Waals surface area (Å²) in [6.07, 6.45) is 1.64. The third-order valence-corrected chi connectivity index (χ3v) is 5.00. The number of aromatic nitrogens is 1. The van der Waals surface area contributed by atoms with E-state index in [2.05, 4.69) is 11.4 Å². The maximum atomic E-state index is 12.2. The van der Waals surface area contributed by atoms with E-state index in [1.54, 1.807) is 23.8 Å². The van der Waals surface area contributed by atoms with Crippen LogP contribution in [0, 0.1) is 18.3 Å². The number of hydrogen-bond donors (Lipinski definition) is 2. The van der Waals surface area contributed by atoms with Crippen molar-refractivity contribution in [2.24, 2.45) is 12.2 Å². The molecule has 0 atom stereocenters. The third-order valence-electron chi connectivity index (χ3n) is 4.09. The molecule has 0 saturated carbocycles. The highest BCUT2D eigenvalue weighted by Gasteiger charge is 2.26. The highest BCUT2D eigenvalue weighted by atomic mass is 32.2.